The molecule has 0 fully saturated rings. The Bertz CT molecular complexity index is 481. The summed E-state index contributed by atoms with van der Waals surface area (Å²) in [6.45, 7) is 9.28. The maximum Gasteiger partial charge on any atom is 0.246 e. The Hall–Kier alpha value is -0.880. The van der Waals surface area contributed by atoms with Gasteiger partial charge in [0.15, 0.2) is 0 Å². The normalized spacial score (nSPS) is 13.0. The third-order valence-corrected chi connectivity index (χ3v) is 5.12. The monoisotopic (exact) mass is 259 g/mol. The van der Waals surface area contributed by atoms with Crippen LogP contribution in [0.15, 0.2) is 11.1 Å². The molecule has 0 amide bonds. The van der Waals surface area contributed by atoms with Gasteiger partial charge in [0.25, 0.3) is 0 Å². The van der Waals surface area contributed by atoms with E-state index in [1.54, 1.807) is 18.7 Å². The topological polar surface area (TPSA) is 55.2 Å². The van der Waals surface area contributed by atoms with Crippen molar-refractivity contribution in [3.8, 4) is 0 Å². The van der Waals surface area contributed by atoms with E-state index in [2.05, 4.69) is 5.10 Å². The lowest BCUT2D eigenvalue weighted by Crippen LogP contribution is -2.42. The number of rotatable bonds is 4. The van der Waals surface area contributed by atoms with Crippen LogP contribution in [0.25, 0.3) is 0 Å². The average molecular weight is 259 g/mol. The number of aromatic nitrogens is 2. The summed E-state index contributed by atoms with van der Waals surface area (Å²) in [4.78, 5) is 0.294. The van der Waals surface area contributed by atoms with Gasteiger partial charge in [0.05, 0.1) is 11.9 Å². The quantitative estimate of drug-likeness (QED) is 0.824. The van der Waals surface area contributed by atoms with Crippen molar-refractivity contribution in [2.24, 2.45) is 7.05 Å². The lowest BCUT2D eigenvalue weighted by atomic mass is 10.3. The summed E-state index contributed by atoms with van der Waals surface area (Å²) in [6.07, 6.45) is 1.42. The molecule has 1 rings (SSSR count). The van der Waals surface area contributed by atoms with Gasteiger partial charge < -0.3 is 0 Å². The SMILES string of the molecule is Cc1c(S(=O)(=O)N(C(C)C)C(C)C)cnn1C. The van der Waals surface area contributed by atoms with E-state index in [4.69, 9.17) is 0 Å². The predicted octanol–water partition coefficient (Wildman–Crippen LogP) is 1.54. The highest BCUT2D eigenvalue weighted by molar-refractivity contribution is 7.89. The third-order valence-electron chi connectivity index (χ3n) is 2.76. The molecule has 0 saturated heterocycles. The molecule has 0 aliphatic rings. The van der Waals surface area contributed by atoms with Crippen LogP contribution in [0.4, 0.5) is 0 Å². The van der Waals surface area contributed by atoms with Crippen LogP contribution in [0.1, 0.15) is 33.4 Å². The minimum atomic E-state index is -3.46. The van der Waals surface area contributed by atoms with Crippen molar-refractivity contribution in [1.29, 1.82) is 0 Å². The summed E-state index contributed by atoms with van der Waals surface area (Å²) in [6, 6.07) is -0.140. The second-order valence-electron chi connectivity index (χ2n) is 4.74. The first kappa shape index (κ1) is 14.2. The number of aryl methyl sites for hydroxylation is 1. The molecule has 0 saturated carbocycles. The molecule has 0 aromatic carbocycles. The fourth-order valence-electron chi connectivity index (χ4n) is 2.00. The van der Waals surface area contributed by atoms with E-state index >= 15 is 0 Å². The minimum Gasteiger partial charge on any atom is -0.272 e. The molecule has 0 spiro atoms. The summed E-state index contributed by atoms with van der Waals surface area (Å²) < 4.78 is 28.1. The maximum absolute atomic E-state index is 12.5. The van der Waals surface area contributed by atoms with Crippen molar-refractivity contribution in [3.05, 3.63) is 11.9 Å². The van der Waals surface area contributed by atoms with Crippen molar-refractivity contribution in [1.82, 2.24) is 14.1 Å². The van der Waals surface area contributed by atoms with E-state index in [-0.39, 0.29) is 12.1 Å². The predicted molar refractivity (Wildman–Crippen MR) is 67.2 cm³/mol. The van der Waals surface area contributed by atoms with Crippen LogP contribution in [0, 0.1) is 6.92 Å². The van der Waals surface area contributed by atoms with E-state index in [1.165, 1.54) is 10.5 Å². The van der Waals surface area contributed by atoms with Gasteiger partial charge in [-0.25, -0.2) is 8.42 Å². The second-order valence-corrected chi connectivity index (χ2v) is 6.55. The molecule has 5 nitrogen and oxygen atoms in total. The van der Waals surface area contributed by atoms with Crippen LogP contribution >= 0.6 is 0 Å². The third kappa shape index (κ3) is 2.52. The van der Waals surface area contributed by atoms with Gasteiger partial charge in [0, 0.05) is 19.1 Å². The molecular formula is C11H21N3O2S. The maximum atomic E-state index is 12.5. The Kier molecular flexibility index (Phi) is 3.99. The molecule has 17 heavy (non-hydrogen) atoms. The van der Waals surface area contributed by atoms with Crippen LogP contribution in [0.5, 0.6) is 0 Å². The molecule has 0 unspecified atom stereocenters. The molecule has 1 aromatic rings. The van der Waals surface area contributed by atoms with Gasteiger partial charge in [-0.15, -0.1) is 0 Å². The highest BCUT2D eigenvalue weighted by Gasteiger charge is 2.31. The average Bonchev–Trinajstić information content (AvgIpc) is 2.45. The van der Waals surface area contributed by atoms with E-state index in [9.17, 15) is 8.42 Å². The van der Waals surface area contributed by atoms with Gasteiger partial charge in [0.2, 0.25) is 10.0 Å². The van der Waals surface area contributed by atoms with Crippen molar-refractivity contribution >= 4 is 10.0 Å². The number of hydrogen-bond acceptors (Lipinski definition) is 3. The second kappa shape index (κ2) is 4.78. The van der Waals surface area contributed by atoms with Gasteiger partial charge in [-0.2, -0.15) is 9.40 Å². The number of sulfonamides is 1. The van der Waals surface area contributed by atoms with Gasteiger partial charge >= 0.3 is 0 Å². The Morgan fingerprint density at radius 2 is 1.71 bits per heavy atom. The smallest absolute Gasteiger partial charge is 0.246 e. The van der Waals surface area contributed by atoms with E-state index in [0.717, 1.165) is 0 Å². The van der Waals surface area contributed by atoms with Gasteiger partial charge in [-0.3, -0.25) is 4.68 Å². The zero-order chi connectivity index (χ0) is 13.4. The highest BCUT2D eigenvalue weighted by Crippen LogP contribution is 2.23. The lowest BCUT2D eigenvalue weighted by Gasteiger charge is -2.29. The standard InChI is InChI=1S/C11H21N3O2S/c1-8(2)14(9(3)4)17(15,16)11-7-12-13(6)10(11)5/h7-9H,1-6H3. The Labute approximate surface area is 103 Å². The zero-order valence-corrected chi connectivity index (χ0v) is 12.1. The van der Waals surface area contributed by atoms with E-state index in [0.29, 0.717) is 10.6 Å². The summed E-state index contributed by atoms with van der Waals surface area (Å²) in [5, 5.41) is 3.99. The fraction of sp³-hybridized carbons (Fsp3) is 0.727. The Balaban J connectivity index is 3.32. The first-order valence-electron chi connectivity index (χ1n) is 5.71. The summed E-state index contributed by atoms with van der Waals surface area (Å²) in [7, 11) is -1.72. The van der Waals surface area contributed by atoms with Crippen LogP contribution in [0.3, 0.4) is 0 Å². The first-order valence-corrected chi connectivity index (χ1v) is 7.15. The Morgan fingerprint density at radius 1 is 1.24 bits per heavy atom. The molecule has 0 atom stereocenters. The van der Waals surface area contributed by atoms with Gasteiger partial charge in [0.1, 0.15) is 4.90 Å². The first-order chi connectivity index (χ1) is 7.69. The Morgan fingerprint density at radius 3 is 2.00 bits per heavy atom. The van der Waals surface area contributed by atoms with E-state index < -0.39 is 10.0 Å². The van der Waals surface area contributed by atoms with Crippen molar-refractivity contribution in [2.45, 2.75) is 51.6 Å². The van der Waals surface area contributed by atoms with Crippen molar-refractivity contribution < 1.29 is 8.42 Å². The summed E-state index contributed by atoms with van der Waals surface area (Å²) in [5.41, 5.74) is 0.663. The highest BCUT2D eigenvalue weighted by atomic mass is 32.2. The van der Waals surface area contributed by atoms with Crippen LogP contribution in [0.2, 0.25) is 0 Å². The van der Waals surface area contributed by atoms with Crippen LogP contribution < -0.4 is 0 Å². The molecule has 0 aliphatic heterocycles. The molecule has 0 radical (unpaired) electrons. The molecule has 1 heterocycles. The molecular weight excluding hydrogens is 238 g/mol. The van der Waals surface area contributed by atoms with Gasteiger partial charge in [-0.05, 0) is 34.6 Å². The van der Waals surface area contributed by atoms with Crippen molar-refractivity contribution in [3.63, 3.8) is 0 Å². The summed E-state index contributed by atoms with van der Waals surface area (Å²) >= 11 is 0. The molecule has 0 aliphatic carbocycles. The van der Waals surface area contributed by atoms with Gasteiger partial charge in [-0.1, -0.05) is 0 Å². The number of nitrogens with zero attached hydrogens (tertiary/aromatic N) is 3. The summed E-state index contributed by atoms with van der Waals surface area (Å²) in [5.74, 6) is 0. The van der Waals surface area contributed by atoms with Crippen molar-refractivity contribution in [2.75, 3.05) is 0 Å². The zero-order valence-electron chi connectivity index (χ0n) is 11.3. The lowest BCUT2D eigenvalue weighted by molar-refractivity contribution is 0.302. The number of hydrogen-bond donors (Lipinski definition) is 0. The van der Waals surface area contributed by atoms with Crippen LogP contribution in [-0.2, 0) is 17.1 Å². The molecule has 0 N–H and O–H groups in total. The molecule has 0 bridgehead atoms. The fourth-order valence-corrected chi connectivity index (χ4v) is 4.02. The van der Waals surface area contributed by atoms with E-state index in [1.807, 2.05) is 27.7 Å². The van der Waals surface area contributed by atoms with Crippen LogP contribution in [-0.4, -0.2) is 34.6 Å². The minimum absolute atomic E-state index is 0.0698. The molecule has 98 valence electrons. The molecule has 6 heteroatoms. The molecule has 1 aromatic heterocycles. The largest absolute Gasteiger partial charge is 0.272 e.